The fraction of sp³-hybridized carbons (Fsp3) is 0.235. The van der Waals surface area contributed by atoms with Crippen LogP contribution >= 0.6 is 0 Å². The van der Waals surface area contributed by atoms with Crippen molar-refractivity contribution in [1.29, 1.82) is 0 Å². The molecule has 3 N–H and O–H groups in total. The number of nitrogens with one attached hydrogen (secondary N) is 1. The third kappa shape index (κ3) is 3.40. The molecule has 0 radical (unpaired) electrons. The number of anilines is 1. The molecule has 110 valence electrons. The molecule has 3 nitrogen and oxygen atoms in total. The van der Waals surface area contributed by atoms with E-state index in [2.05, 4.69) is 5.32 Å². The van der Waals surface area contributed by atoms with Gasteiger partial charge in [-0.1, -0.05) is 37.3 Å². The van der Waals surface area contributed by atoms with E-state index in [-0.39, 0.29) is 11.6 Å². The van der Waals surface area contributed by atoms with Gasteiger partial charge >= 0.3 is 0 Å². The monoisotopic (exact) mass is 286 g/mol. The second kappa shape index (κ2) is 6.39. The van der Waals surface area contributed by atoms with E-state index >= 15 is 0 Å². The van der Waals surface area contributed by atoms with Gasteiger partial charge in [-0.3, -0.25) is 4.79 Å². The fourth-order valence-electron chi connectivity index (χ4n) is 2.27. The predicted molar refractivity (Wildman–Crippen MR) is 82.8 cm³/mol. The lowest BCUT2D eigenvalue weighted by Crippen LogP contribution is -2.15. The van der Waals surface area contributed by atoms with Crippen molar-refractivity contribution >= 4 is 11.6 Å². The molecule has 0 fully saturated rings. The van der Waals surface area contributed by atoms with Gasteiger partial charge in [-0.2, -0.15) is 0 Å². The molecule has 0 aliphatic heterocycles. The van der Waals surface area contributed by atoms with Crippen molar-refractivity contribution in [2.24, 2.45) is 5.73 Å². The van der Waals surface area contributed by atoms with E-state index in [1.807, 2.05) is 37.3 Å². The van der Waals surface area contributed by atoms with Crippen LogP contribution in [0.1, 0.15) is 40.9 Å². The molecule has 1 atom stereocenters. The summed E-state index contributed by atoms with van der Waals surface area (Å²) in [4.78, 5) is 11.3. The van der Waals surface area contributed by atoms with Gasteiger partial charge in [0.2, 0.25) is 5.91 Å². The van der Waals surface area contributed by atoms with Crippen molar-refractivity contribution in [3.8, 4) is 0 Å². The van der Waals surface area contributed by atoms with Gasteiger partial charge in [0.25, 0.3) is 0 Å². The topological polar surface area (TPSA) is 55.1 Å². The summed E-state index contributed by atoms with van der Waals surface area (Å²) in [5.74, 6) is -1.07. The number of carbonyl (C=O) groups excluding carboxylic acids is 1. The number of amides is 1. The first-order valence-electron chi connectivity index (χ1n) is 6.94. The molecule has 0 aliphatic carbocycles. The third-order valence-corrected chi connectivity index (χ3v) is 3.57. The molecular weight excluding hydrogens is 267 g/mol. The van der Waals surface area contributed by atoms with Crippen molar-refractivity contribution < 1.29 is 9.18 Å². The van der Waals surface area contributed by atoms with Gasteiger partial charge in [-0.05, 0) is 31.0 Å². The lowest BCUT2D eigenvalue weighted by atomic mass is 10.0. The molecule has 21 heavy (non-hydrogen) atoms. The Hall–Kier alpha value is -2.36. The molecule has 0 saturated carbocycles. The van der Waals surface area contributed by atoms with Gasteiger partial charge in [0.1, 0.15) is 5.82 Å². The highest BCUT2D eigenvalue weighted by Crippen LogP contribution is 2.27. The molecule has 2 rings (SSSR count). The van der Waals surface area contributed by atoms with Gasteiger partial charge in [0, 0.05) is 16.8 Å². The maximum absolute atomic E-state index is 13.9. The van der Waals surface area contributed by atoms with E-state index < -0.39 is 11.7 Å². The first-order chi connectivity index (χ1) is 10.0. The number of benzene rings is 2. The highest BCUT2D eigenvalue weighted by Gasteiger charge is 2.14. The summed E-state index contributed by atoms with van der Waals surface area (Å²) < 4.78 is 13.9. The SMILES string of the molecule is CCC(Nc1cc(C(N)=O)cc(F)c1C)c1ccccc1. The Labute approximate surface area is 124 Å². The molecule has 1 amide bonds. The average Bonchev–Trinajstić information content (AvgIpc) is 2.49. The molecule has 4 heteroatoms. The zero-order chi connectivity index (χ0) is 15.4. The molecular formula is C17H19FN2O. The maximum atomic E-state index is 13.9. The Bertz CT molecular complexity index is 641. The van der Waals surface area contributed by atoms with Crippen LogP contribution in [-0.4, -0.2) is 5.91 Å². The summed E-state index contributed by atoms with van der Waals surface area (Å²) in [5.41, 5.74) is 7.61. The Morgan fingerprint density at radius 1 is 1.29 bits per heavy atom. The molecule has 0 heterocycles. The van der Waals surface area contributed by atoms with Gasteiger partial charge in [-0.15, -0.1) is 0 Å². The fourth-order valence-corrected chi connectivity index (χ4v) is 2.27. The second-order valence-electron chi connectivity index (χ2n) is 5.01. The number of carbonyl (C=O) groups is 1. The van der Waals surface area contributed by atoms with Crippen LogP contribution in [0.4, 0.5) is 10.1 Å². The molecule has 0 bridgehead atoms. The lowest BCUT2D eigenvalue weighted by Gasteiger charge is -2.21. The minimum Gasteiger partial charge on any atom is -0.378 e. The zero-order valence-electron chi connectivity index (χ0n) is 12.2. The Morgan fingerprint density at radius 3 is 2.52 bits per heavy atom. The summed E-state index contributed by atoms with van der Waals surface area (Å²) in [6.07, 6.45) is 0.839. The van der Waals surface area contributed by atoms with Gasteiger partial charge in [0.15, 0.2) is 0 Å². The molecule has 2 aromatic rings. The molecule has 0 aliphatic rings. The van der Waals surface area contributed by atoms with E-state index in [4.69, 9.17) is 5.73 Å². The van der Waals surface area contributed by atoms with Crippen LogP contribution in [0, 0.1) is 12.7 Å². The van der Waals surface area contributed by atoms with E-state index in [9.17, 15) is 9.18 Å². The molecule has 0 spiro atoms. The lowest BCUT2D eigenvalue weighted by molar-refractivity contribution is 0.1000. The van der Waals surface area contributed by atoms with Crippen LogP contribution in [0.3, 0.4) is 0 Å². The summed E-state index contributed by atoms with van der Waals surface area (Å²) in [6.45, 7) is 3.73. The Balaban J connectivity index is 2.35. The first-order valence-corrected chi connectivity index (χ1v) is 6.94. The smallest absolute Gasteiger partial charge is 0.248 e. The summed E-state index contributed by atoms with van der Waals surface area (Å²) in [6, 6.07) is 12.7. The van der Waals surface area contributed by atoms with Crippen LogP contribution in [0.5, 0.6) is 0 Å². The van der Waals surface area contributed by atoms with Crippen molar-refractivity contribution in [3.63, 3.8) is 0 Å². The van der Waals surface area contributed by atoms with E-state index in [1.54, 1.807) is 13.0 Å². The number of nitrogens with two attached hydrogens (primary N) is 1. The number of halogens is 1. The highest BCUT2D eigenvalue weighted by molar-refractivity contribution is 5.94. The van der Waals surface area contributed by atoms with Crippen LogP contribution in [-0.2, 0) is 0 Å². The van der Waals surface area contributed by atoms with Crippen molar-refractivity contribution in [3.05, 3.63) is 65.0 Å². The Kier molecular flexibility index (Phi) is 4.58. The van der Waals surface area contributed by atoms with Crippen molar-refractivity contribution in [1.82, 2.24) is 0 Å². The zero-order valence-corrected chi connectivity index (χ0v) is 12.2. The quantitative estimate of drug-likeness (QED) is 0.878. The number of rotatable bonds is 5. The molecule has 0 aromatic heterocycles. The van der Waals surface area contributed by atoms with Crippen molar-refractivity contribution in [2.45, 2.75) is 26.3 Å². The first kappa shape index (κ1) is 15.0. The van der Waals surface area contributed by atoms with E-state index in [0.717, 1.165) is 12.0 Å². The minimum atomic E-state index is -0.635. The normalized spacial score (nSPS) is 12.0. The molecule has 2 aromatic carbocycles. The second-order valence-corrected chi connectivity index (χ2v) is 5.01. The largest absolute Gasteiger partial charge is 0.378 e. The van der Waals surface area contributed by atoms with Crippen LogP contribution in [0.15, 0.2) is 42.5 Å². The van der Waals surface area contributed by atoms with E-state index in [1.165, 1.54) is 6.07 Å². The standard InChI is InChI=1S/C17H19FN2O/c1-3-15(12-7-5-4-6-8-12)20-16-10-13(17(19)21)9-14(18)11(16)2/h4-10,15,20H,3H2,1-2H3,(H2,19,21). The minimum absolute atomic E-state index is 0.0485. The third-order valence-electron chi connectivity index (χ3n) is 3.57. The van der Waals surface area contributed by atoms with Gasteiger partial charge in [0.05, 0.1) is 6.04 Å². The average molecular weight is 286 g/mol. The molecule has 1 unspecified atom stereocenters. The number of hydrogen-bond acceptors (Lipinski definition) is 2. The summed E-state index contributed by atoms with van der Waals surface area (Å²) in [7, 11) is 0. The van der Waals surface area contributed by atoms with Crippen LogP contribution < -0.4 is 11.1 Å². The van der Waals surface area contributed by atoms with Crippen LogP contribution in [0.2, 0.25) is 0 Å². The predicted octanol–water partition coefficient (Wildman–Crippen LogP) is 3.80. The van der Waals surface area contributed by atoms with E-state index in [0.29, 0.717) is 11.3 Å². The Morgan fingerprint density at radius 2 is 1.95 bits per heavy atom. The van der Waals surface area contributed by atoms with Crippen LogP contribution in [0.25, 0.3) is 0 Å². The maximum Gasteiger partial charge on any atom is 0.248 e. The summed E-state index contributed by atoms with van der Waals surface area (Å²) in [5, 5.41) is 3.30. The number of primary amides is 1. The number of hydrogen-bond donors (Lipinski definition) is 2. The summed E-state index contributed by atoms with van der Waals surface area (Å²) >= 11 is 0. The van der Waals surface area contributed by atoms with Gasteiger partial charge in [-0.25, -0.2) is 4.39 Å². The highest BCUT2D eigenvalue weighted by atomic mass is 19.1. The van der Waals surface area contributed by atoms with Gasteiger partial charge < -0.3 is 11.1 Å². The van der Waals surface area contributed by atoms with Crippen molar-refractivity contribution in [2.75, 3.05) is 5.32 Å². The molecule has 0 saturated heterocycles.